The van der Waals surface area contributed by atoms with Crippen LogP contribution in [0.4, 0.5) is 0 Å². The fourth-order valence-corrected chi connectivity index (χ4v) is 3.40. The fraction of sp³-hybridized carbons (Fsp3) is 0.600. The van der Waals surface area contributed by atoms with Crippen LogP contribution in [0.25, 0.3) is 0 Å². The van der Waals surface area contributed by atoms with Gasteiger partial charge in [-0.15, -0.1) is 0 Å². The molecule has 4 heteroatoms. The Labute approximate surface area is 116 Å². The molecule has 0 aliphatic rings. The van der Waals surface area contributed by atoms with Crippen molar-refractivity contribution in [2.24, 2.45) is 0 Å². The lowest BCUT2D eigenvalue weighted by molar-refractivity contribution is 0.458. The predicted octanol–water partition coefficient (Wildman–Crippen LogP) is 4.28. The van der Waals surface area contributed by atoms with Crippen LogP contribution in [0.3, 0.4) is 0 Å². The molecular weight excluding hydrogens is 260 g/mol. The number of unbranched alkanes of at least 4 members (excludes halogenated alkanes) is 4. The van der Waals surface area contributed by atoms with Gasteiger partial charge in [0.1, 0.15) is 5.25 Å². The van der Waals surface area contributed by atoms with Crippen LogP contribution in [0.5, 0.6) is 0 Å². The molecule has 0 bridgehead atoms. The molecular formula is C15H24O3S. The van der Waals surface area contributed by atoms with E-state index in [4.69, 9.17) is 0 Å². The van der Waals surface area contributed by atoms with Crippen molar-refractivity contribution in [1.82, 2.24) is 0 Å². The molecule has 0 amide bonds. The maximum atomic E-state index is 11.6. The average molecular weight is 284 g/mol. The van der Waals surface area contributed by atoms with E-state index < -0.39 is 15.4 Å². The average Bonchev–Trinajstić information content (AvgIpc) is 2.34. The summed E-state index contributed by atoms with van der Waals surface area (Å²) in [5, 5.41) is -0.782. The first-order chi connectivity index (χ1) is 8.96. The lowest BCUT2D eigenvalue weighted by Crippen LogP contribution is -2.13. The highest BCUT2D eigenvalue weighted by molar-refractivity contribution is 7.86. The molecule has 1 aromatic carbocycles. The molecule has 108 valence electrons. The summed E-state index contributed by atoms with van der Waals surface area (Å²) in [6, 6.07) is 7.36. The van der Waals surface area contributed by atoms with Gasteiger partial charge in [0.25, 0.3) is 10.1 Å². The summed E-state index contributed by atoms with van der Waals surface area (Å²) in [5.74, 6) is 0. The lowest BCUT2D eigenvalue weighted by atomic mass is 10.0. The second-order valence-corrected chi connectivity index (χ2v) is 6.66. The van der Waals surface area contributed by atoms with Gasteiger partial charge in [0.05, 0.1) is 0 Å². The van der Waals surface area contributed by atoms with Gasteiger partial charge in [0, 0.05) is 0 Å². The Bertz CT molecular complexity index is 480. The van der Waals surface area contributed by atoms with Crippen LogP contribution in [0.1, 0.15) is 61.8 Å². The Morgan fingerprint density at radius 2 is 1.74 bits per heavy atom. The van der Waals surface area contributed by atoms with E-state index in [0.29, 0.717) is 6.42 Å². The van der Waals surface area contributed by atoms with Crippen LogP contribution in [0.15, 0.2) is 24.3 Å². The largest absolute Gasteiger partial charge is 0.285 e. The highest BCUT2D eigenvalue weighted by Gasteiger charge is 2.25. The lowest BCUT2D eigenvalue weighted by Gasteiger charge is -2.16. The minimum atomic E-state index is -4.03. The maximum Gasteiger partial charge on any atom is 0.271 e. The quantitative estimate of drug-likeness (QED) is 0.572. The Kier molecular flexibility index (Phi) is 6.52. The monoisotopic (exact) mass is 284 g/mol. The smallest absolute Gasteiger partial charge is 0.271 e. The van der Waals surface area contributed by atoms with Crippen LogP contribution in [-0.2, 0) is 10.1 Å². The third-order valence-electron chi connectivity index (χ3n) is 3.46. The van der Waals surface area contributed by atoms with E-state index in [0.717, 1.165) is 30.4 Å². The number of hydrogen-bond acceptors (Lipinski definition) is 2. The number of hydrogen-bond donors (Lipinski definition) is 1. The summed E-state index contributed by atoms with van der Waals surface area (Å²) in [4.78, 5) is 0. The first-order valence-corrected chi connectivity index (χ1v) is 8.49. The van der Waals surface area contributed by atoms with Gasteiger partial charge >= 0.3 is 0 Å². The SMILES string of the molecule is CCCCCCCC(c1ccccc1C)S(=O)(=O)O. The highest BCUT2D eigenvalue weighted by atomic mass is 32.2. The standard InChI is InChI=1S/C15H24O3S/c1-3-4-5-6-7-12-15(19(16,17)18)14-11-9-8-10-13(14)2/h8-11,15H,3-7,12H2,1-2H3,(H,16,17,18). The van der Waals surface area contributed by atoms with Crippen molar-refractivity contribution < 1.29 is 13.0 Å². The Hall–Kier alpha value is -0.870. The molecule has 0 saturated heterocycles. The van der Waals surface area contributed by atoms with Crippen LogP contribution in [0.2, 0.25) is 0 Å². The molecule has 0 aliphatic heterocycles. The molecule has 3 nitrogen and oxygen atoms in total. The third kappa shape index (κ3) is 5.33. The molecule has 1 rings (SSSR count). The third-order valence-corrected chi connectivity index (χ3v) is 4.67. The second kappa shape index (κ2) is 7.65. The molecule has 1 unspecified atom stereocenters. The molecule has 1 N–H and O–H groups in total. The topological polar surface area (TPSA) is 54.4 Å². The second-order valence-electron chi connectivity index (χ2n) is 5.06. The number of aryl methyl sites for hydroxylation is 1. The van der Waals surface area contributed by atoms with Gasteiger partial charge in [-0.1, -0.05) is 63.3 Å². The van der Waals surface area contributed by atoms with Crippen molar-refractivity contribution in [2.75, 3.05) is 0 Å². The van der Waals surface area contributed by atoms with E-state index in [9.17, 15) is 13.0 Å². The number of rotatable bonds is 8. The number of benzene rings is 1. The molecule has 1 aromatic rings. The Balaban J connectivity index is 2.72. The van der Waals surface area contributed by atoms with E-state index in [2.05, 4.69) is 6.92 Å². The summed E-state index contributed by atoms with van der Waals surface area (Å²) >= 11 is 0. The summed E-state index contributed by atoms with van der Waals surface area (Å²) in [6.45, 7) is 4.03. The molecule has 19 heavy (non-hydrogen) atoms. The van der Waals surface area contributed by atoms with Crippen molar-refractivity contribution in [3.63, 3.8) is 0 Å². The van der Waals surface area contributed by atoms with E-state index in [-0.39, 0.29) is 0 Å². The molecule has 0 radical (unpaired) electrons. The molecule has 0 aliphatic carbocycles. The van der Waals surface area contributed by atoms with Crippen molar-refractivity contribution >= 4 is 10.1 Å². The minimum absolute atomic E-state index is 0.493. The maximum absolute atomic E-state index is 11.6. The van der Waals surface area contributed by atoms with Crippen LogP contribution in [0, 0.1) is 6.92 Å². The van der Waals surface area contributed by atoms with Gasteiger partial charge in [-0.3, -0.25) is 4.55 Å². The zero-order valence-corrected chi connectivity index (χ0v) is 12.6. The fourth-order valence-electron chi connectivity index (χ4n) is 2.35. The van der Waals surface area contributed by atoms with Gasteiger partial charge < -0.3 is 0 Å². The van der Waals surface area contributed by atoms with Gasteiger partial charge in [0.15, 0.2) is 0 Å². The van der Waals surface area contributed by atoms with Gasteiger partial charge in [0.2, 0.25) is 0 Å². The molecule has 0 spiro atoms. The van der Waals surface area contributed by atoms with E-state index in [1.54, 1.807) is 6.07 Å². The zero-order valence-electron chi connectivity index (χ0n) is 11.8. The molecule has 0 heterocycles. The molecule has 1 atom stereocenters. The first kappa shape index (κ1) is 16.2. The Morgan fingerprint density at radius 3 is 2.32 bits per heavy atom. The summed E-state index contributed by atoms with van der Waals surface area (Å²) in [6.07, 6.45) is 5.82. The first-order valence-electron chi connectivity index (χ1n) is 6.98. The van der Waals surface area contributed by atoms with Crippen LogP contribution in [-0.4, -0.2) is 13.0 Å². The van der Waals surface area contributed by atoms with Crippen molar-refractivity contribution in [2.45, 2.75) is 57.6 Å². The van der Waals surface area contributed by atoms with E-state index in [1.165, 1.54) is 12.8 Å². The van der Waals surface area contributed by atoms with Crippen molar-refractivity contribution in [3.8, 4) is 0 Å². The van der Waals surface area contributed by atoms with Gasteiger partial charge in [-0.2, -0.15) is 8.42 Å². The van der Waals surface area contributed by atoms with E-state index >= 15 is 0 Å². The van der Waals surface area contributed by atoms with Crippen LogP contribution < -0.4 is 0 Å². The predicted molar refractivity (Wildman–Crippen MR) is 78.8 cm³/mol. The summed E-state index contributed by atoms with van der Waals surface area (Å²) in [7, 11) is -4.03. The van der Waals surface area contributed by atoms with E-state index in [1.807, 2.05) is 25.1 Å². The minimum Gasteiger partial charge on any atom is -0.285 e. The van der Waals surface area contributed by atoms with Crippen molar-refractivity contribution in [3.05, 3.63) is 35.4 Å². The summed E-state index contributed by atoms with van der Waals surface area (Å²) in [5.41, 5.74) is 1.64. The summed E-state index contributed by atoms with van der Waals surface area (Å²) < 4.78 is 32.5. The molecule has 0 saturated carbocycles. The zero-order chi connectivity index (χ0) is 14.3. The molecule has 0 fully saturated rings. The normalized spacial score (nSPS) is 13.4. The van der Waals surface area contributed by atoms with Gasteiger partial charge in [-0.05, 0) is 24.5 Å². The molecule has 0 aromatic heterocycles. The van der Waals surface area contributed by atoms with Gasteiger partial charge in [-0.25, -0.2) is 0 Å². The highest BCUT2D eigenvalue weighted by Crippen LogP contribution is 2.29. The van der Waals surface area contributed by atoms with Crippen LogP contribution >= 0.6 is 0 Å². The van der Waals surface area contributed by atoms with Crippen molar-refractivity contribution in [1.29, 1.82) is 0 Å². The Morgan fingerprint density at radius 1 is 1.11 bits per heavy atom.